The molecule has 3 rings (SSSR count). The molecule has 27 heavy (non-hydrogen) atoms. The molecule has 1 heterocycles. The maximum atomic E-state index is 12.8. The molecule has 0 aliphatic rings. The molecule has 0 radical (unpaired) electrons. The molecule has 142 valence electrons. The van der Waals surface area contributed by atoms with Gasteiger partial charge in [-0.2, -0.15) is 18.2 Å². The van der Waals surface area contributed by atoms with E-state index in [9.17, 15) is 17.7 Å². The third-order valence-corrected chi connectivity index (χ3v) is 5.53. The number of aromatic nitrogens is 2. The molecular weight excluding hydrogens is 402 g/mol. The van der Waals surface area contributed by atoms with E-state index in [0.29, 0.717) is 16.3 Å². The highest BCUT2D eigenvalue weighted by atomic mass is 35.5. The standard InChI is InChI=1S/C17H14ClF3N3O2P/c1-27(25,24-14-8-6-13(18)7-9-14)10-11-2-4-12(5-3-11)15-22-16(26-23-15)17(19,20)21/h2-9H,10H2,1H3,(H,24,25). The summed E-state index contributed by atoms with van der Waals surface area (Å²) >= 11 is 5.83. The summed E-state index contributed by atoms with van der Waals surface area (Å²) < 4.78 is 54.6. The first-order valence-corrected chi connectivity index (χ1v) is 10.4. The number of rotatable bonds is 5. The number of hydrogen-bond acceptors (Lipinski definition) is 4. The summed E-state index contributed by atoms with van der Waals surface area (Å²) in [5.74, 6) is -1.56. The zero-order valence-electron chi connectivity index (χ0n) is 14.0. The van der Waals surface area contributed by atoms with Gasteiger partial charge < -0.3 is 14.2 Å². The lowest BCUT2D eigenvalue weighted by molar-refractivity contribution is -0.159. The average molecular weight is 416 g/mol. The molecule has 0 fully saturated rings. The number of benzene rings is 2. The van der Waals surface area contributed by atoms with Crippen LogP contribution in [0.1, 0.15) is 11.5 Å². The highest BCUT2D eigenvalue weighted by Gasteiger charge is 2.38. The second-order valence-electron chi connectivity index (χ2n) is 6.00. The molecule has 10 heteroatoms. The SMILES string of the molecule is CP(=O)(Cc1ccc(-c2noc(C(F)(F)F)n2)cc1)Nc1ccc(Cl)cc1. The van der Waals surface area contributed by atoms with Gasteiger partial charge in [-0.25, -0.2) is 0 Å². The average Bonchev–Trinajstić information content (AvgIpc) is 3.07. The van der Waals surface area contributed by atoms with Crippen LogP contribution in [-0.4, -0.2) is 16.8 Å². The number of alkyl halides is 3. The molecule has 0 aliphatic carbocycles. The smallest absolute Gasteiger partial charge is 0.336 e. The zero-order chi connectivity index (χ0) is 19.7. The van der Waals surface area contributed by atoms with E-state index in [1.165, 1.54) is 0 Å². The maximum absolute atomic E-state index is 12.8. The minimum Gasteiger partial charge on any atom is -0.336 e. The first kappa shape index (κ1) is 19.5. The quantitative estimate of drug-likeness (QED) is 0.523. The lowest BCUT2D eigenvalue weighted by atomic mass is 10.1. The molecule has 0 bridgehead atoms. The molecule has 1 unspecified atom stereocenters. The molecule has 0 amide bonds. The summed E-state index contributed by atoms with van der Waals surface area (Å²) in [4.78, 5) is 3.34. The number of hydrogen-bond donors (Lipinski definition) is 1. The van der Waals surface area contributed by atoms with E-state index in [2.05, 4.69) is 19.8 Å². The molecule has 2 aromatic carbocycles. The molecule has 1 N–H and O–H groups in total. The third-order valence-electron chi connectivity index (χ3n) is 3.57. The van der Waals surface area contributed by atoms with Crippen molar-refractivity contribution in [3.63, 3.8) is 0 Å². The summed E-state index contributed by atoms with van der Waals surface area (Å²) in [6.07, 6.45) is -4.43. The van der Waals surface area contributed by atoms with Crippen LogP contribution in [0.4, 0.5) is 18.9 Å². The van der Waals surface area contributed by atoms with Gasteiger partial charge in [-0.05, 0) is 29.8 Å². The van der Waals surface area contributed by atoms with Gasteiger partial charge in [0.15, 0.2) is 7.29 Å². The zero-order valence-corrected chi connectivity index (χ0v) is 15.6. The van der Waals surface area contributed by atoms with Crippen LogP contribution in [0, 0.1) is 0 Å². The fourth-order valence-electron chi connectivity index (χ4n) is 2.40. The van der Waals surface area contributed by atoms with Crippen LogP contribution in [0.3, 0.4) is 0 Å². The Bertz CT molecular complexity index is 972. The Morgan fingerprint density at radius 1 is 1.11 bits per heavy atom. The van der Waals surface area contributed by atoms with Gasteiger partial charge in [-0.15, -0.1) is 0 Å². The molecular formula is C17H14ClF3N3O2P. The predicted molar refractivity (Wildman–Crippen MR) is 97.0 cm³/mol. The Morgan fingerprint density at radius 2 is 1.74 bits per heavy atom. The Hall–Kier alpha value is -2.31. The Morgan fingerprint density at radius 3 is 2.30 bits per heavy atom. The van der Waals surface area contributed by atoms with Crippen molar-refractivity contribution in [3.8, 4) is 11.4 Å². The number of nitrogens with zero attached hydrogens (tertiary/aromatic N) is 2. The first-order chi connectivity index (χ1) is 12.6. The van der Waals surface area contributed by atoms with Gasteiger partial charge >= 0.3 is 12.1 Å². The van der Waals surface area contributed by atoms with Gasteiger partial charge in [0.1, 0.15) is 0 Å². The van der Waals surface area contributed by atoms with Gasteiger partial charge in [-0.3, -0.25) is 0 Å². The lowest BCUT2D eigenvalue weighted by Crippen LogP contribution is -2.04. The van der Waals surface area contributed by atoms with Gasteiger partial charge in [-0.1, -0.05) is 41.0 Å². The van der Waals surface area contributed by atoms with Gasteiger partial charge in [0.05, 0.1) is 0 Å². The van der Waals surface area contributed by atoms with E-state index in [-0.39, 0.29) is 12.0 Å². The van der Waals surface area contributed by atoms with Crippen molar-refractivity contribution in [2.24, 2.45) is 0 Å². The summed E-state index contributed by atoms with van der Waals surface area (Å²) in [5, 5.41) is 6.91. The van der Waals surface area contributed by atoms with Crippen LogP contribution in [-0.2, 0) is 16.9 Å². The number of anilines is 1. The van der Waals surface area contributed by atoms with Crippen LogP contribution in [0.5, 0.6) is 0 Å². The van der Waals surface area contributed by atoms with Crippen molar-refractivity contribution in [3.05, 3.63) is 65.0 Å². The van der Waals surface area contributed by atoms with Gasteiger partial charge in [0.2, 0.25) is 5.82 Å². The van der Waals surface area contributed by atoms with E-state index in [1.807, 2.05) is 0 Å². The van der Waals surface area contributed by atoms with Crippen molar-refractivity contribution in [2.45, 2.75) is 12.3 Å². The van der Waals surface area contributed by atoms with Crippen LogP contribution >= 0.6 is 18.9 Å². The lowest BCUT2D eigenvalue weighted by Gasteiger charge is -2.16. The summed E-state index contributed by atoms with van der Waals surface area (Å²) in [6, 6.07) is 13.3. The molecule has 0 spiro atoms. The van der Waals surface area contributed by atoms with E-state index in [1.54, 1.807) is 55.2 Å². The van der Waals surface area contributed by atoms with E-state index in [4.69, 9.17) is 11.6 Å². The number of halogens is 4. The van der Waals surface area contributed by atoms with Crippen molar-refractivity contribution in [1.82, 2.24) is 10.1 Å². The third kappa shape index (κ3) is 5.11. The van der Waals surface area contributed by atoms with Crippen LogP contribution in [0.25, 0.3) is 11.4 Å². The van der Waals surface area contributed by atoms with Crippen molar-refractivity contribution in [1.29, 1.82) is 0 Å². The summed E-state index contributed by atoms with van der Waals surface area (Å²) in [6.45, 7) is 1.62. The van der Waals surface area contributed by atoms with E-state index in [0.717, 1.165) is 5.56 Å². The van der Waals surface area contributed by atoms with E-state index < -0.39 is 19.4 Å². The first-order valence-electron chi connectivity index (χ1n) is 7.73. The summed E-state index contributed by atoms with van der Waals surface area (Å²) in [5.41, 5.74) is 1.81. The normalized spacial score (nSPS) is 14.0. The van der Waals surface area contributed by atoms with Gasteiger partial charge in [0, 0.05) is 29.1 Å². The fourth-order valence-corrected chi connectivity index (χ4v) is 4.21. The highest BCUT2D eigenvalue weighted by molar-refractivity contribution is 7.63. The molecule has 0 saturated heterocycles. The second-order valence-corrected chi connectivity index (χ2v) is 9.17. The monoisotopic (exact) mass is 415 g/mol. The van der Waals surface area contributed by atoms with Crippen LogP contribution in [0.2, 0.25) is 5.02 Å². The van der Waals surface area contributed by atoms with E-state index >= 15 is 0 Å². The minimum absolute atomic E-state index is 0.159. The van der Waals surface area contributed by atoms with Crippen molar-refractivity contribution >= 4 is 24.6 Å². The Balaban J connectivity index is 1.70. The number of nitrogens with one attached hydrogen (secondary N) is 1. The summed E-state index contributed by atoms with van der Waals surface area (Å²) in [7, 11) is -2.75. The molecule has 0 aliphatic heterocycles. The Labute approximate surface area is 158 Å². The van der Waals surface area contributed by atoms with Crippen LogP contribution in [0.15, 0.2) is 53.1 Å². The molecule has 3 aromatic rings. The van der Waals surface area contributed by atoms with Crippen molar-refractivity contribution < 1.29 is 22.3 Å². The van der Waals surface area contributed by atoms with Crippen LogP contribution < -0.4 is 5.09 Å². The maximum Gasteiger partial charge on any atom is 0.471 e. The topological polar surface area (TPSA) is 68.0 Å². The molecule has 1 aromatic heterocycles. The highest BCUT2D eigenvalue weighted by Crippen LogP contribution is 2.45. The molecule has 5 nitrogen and oxygen atoms in total. The van der Waals surface area contributed by atoms with Gasteiger partial charge in [0.25, 0.3) is 0 Å². The molecule has 0 saturated carbocycles. The predicted octanol–water partition coefficient (Wildman–Crippen LogP) is 5.93. The fraction of sp³-hybridized carbons (Fsp3) is 0.176. The minimum atomic E-state index is -4.69. The van der Waals surface area contributed by atoms with Crippen molar-refractivity contribution in [2.75, 3.05) is 11.8 Å². The Kier molecular flexibility index (Phi) is 5.31. The second kappa shape index (κ2) is 7.37. The largest absolute Gasteiger partial charge is 0.471 e. The molecule has 1 atom stereocenters.